The first-order valence-electron chi connectivity index (χ1n) is 5.26. The second kappa shape index (κ2) is 9.20. The lowest BCUT2D eigenvalue weighted by Gasteiger charge is -1.94. The van der Waals surface area contributed by atoms with E-state index in [4.69, 9.17) is 0 Å². The van der Waals surface area contributed by atoms with Crippen molar-refractivity contribution in [3.05, 3.63) is 48.6 Å². The first-order chi connectivity index (χ1) is 7.20. The van der Waals surface area contributed by atoms with Crippen molar-refractivity contribution < 1.29 is 0 Å². The molecule has 0 rings (SSSR count). The summed E-state index contributed by atoms with van der Waals surface area (Å²) in [6.07, 6.45) is 11.7. The summed E-state index contributed by atoms with van der Waals surface area (Å²) in [6.45, 7) is 12.4. The van der Waals surface area contributed by atoms with Crippen molar-refractivity contribution >= 4 is 6.21 Å². The van der Waals surface area contributed by atoms with Gasteiger partial charge in [-0.3, -0.25) is 4.99 Å². The molecule has 0 unspecified atom stereocenters. The van der Waals surface area contributed by atoms with Gasteiger partial charge < -0.3 is 0 Å². The van der Waals surface area contributed by atoms with Gasteiger partial charge in [0.15, 0.2) is 0 Å². The molecule has 0 amide bonds. The molecule has 0 aromatic heterocycles. The highest BCUT2D eigenvalue weighted by atomic mass is 14.7. The van der Waals surface area contributed by atoms with Crippen molar-refractivity contribution in [2.75, 3.05) is 6.54 Å². The molecular weight excluding hydrogens is 182 g/mol. The zero-order valence-electron chi connectivity index (χ0n) is 9.87. The van der Waals surface area contributed by atoms with Crippen LogP contribution in [0.3, 0.4) is 0 Å². The number of hydrogen-bond acceptors (Lipinski definition) is 1. The first-order valence-corrected chi connectivity index (χ1v) is 5.26. The lowest BCUT2D eigenvalue weighted by atomic mass is 10.1. The molecule has 0 atom stereocenters. The van der Waals surface area contributed by atoms with Crippen LogP contribution in [-0.2, 0) is 0 Å². The molecule has 0 N–H and O–H groups in total. The second-order valence-corrected chi connectivity index (χ2v) is 3.56. The van der Waals surface area contributed by atoms with E-state index in [9.17, 15) is 0 Å². The molecule has 0 aliphatic carbocycles. The number of rotatable bonds is 7. The van der Waals surface area contributed by atoms with Crippen LogP contribution >= 0.6 is 0 Å². The molecule has 1 heteroatoms. The topological polar surface area (TPSA) is 12.4 Å². The van der Waals surface area contributed by atoms with E-state index in [1.54, 1.807) is 0 Å². The second-order valence-electron chi connectivity index (χ2n) is 3.56. The maximum absolute atomic E-state index is 4.27. The van der Waals surface area contributed by atoms with Crippen molar-refractivity contribution in [2.45, 2.75) is 26.7 Å². The van der Waals surface area contributed by atoms with Gasteiger partial charge >= 0.3 is 0 Å². The lowest BCUT2D eigenvalue weighted by molar-refractivity contribution is 1.01. The zero-order chi connectivity index (χ0) is 11.5. The molecule has 82 valence electrons. The van der Waals surface area contributed by atoms with Crippen LogP contribution in [0, 0.1) is 0 Å². The Morgan fingerprint density at radius 2 is 1.93 bits per heavy atom. The van der Waals surface area contributed by atoms with Crippen LogP contribution in [0.2, 0.25) is 0 Å². The number of nitrogens with zero attached hydrogens (tertiary/aromatic N) is 1. The van der Waals surface area contributed by atoms with E-state index in [0.717, 1.165) is 19.4 Å². The molecule has 1 nitrogen and oxygen atoms in total. The van der Waals surface area contributed by atoms with Gasteiger partial charge in [0.05, 0.1) is 0 Å². The average Bonchev–Trinajstić information content (AvgIpc) is 2.22. The Morgan fingerprint density at radius 3 is 2.47 bits per heavy atom. The van der Waals surface area contributed by atoms with Crippen molar-refractivity contribution in [2.24, 2.45) is 4.99 Å². The van der Waals surface area contributed by atoms with E-state index in [1.807, 2.05) is 18.4 Å². The Kier molecular flexibility index (Phi) is 8.36. The Labute approximate surface area is 93.6 Å². The number of hydrogen-bond donors (Lipinski definition) is 0. The third-order valence-electron chi connectivity index (χ3n) is 1.81. The highest BCUT2D eigenvalue weighted by Gasteiger charge is 1.86. The molecule has 0 aliphatic rings. The molecule has 0 aromatic rings. The van der Waals surface area contributed by atoms with E-state index in [1.165, 1.54) is 11.1 Å². The fraction of sp³-hybridized carbons (Fsp3) is 0.357. The first kappa shape index (κ1) is 13.6. The normalized spacial score (nSPS) is 11.5. The van der Waals surface area contributed by atoms with Crippen LogP contribution in [0.4, 0.5) is 0 Å². The molecule has 0 spiro atoms. The molecule has 0 fully saturated rings. The summed E-state index contributed by atoms with van der Waals surface area (Å²) in [7, 11) is 0. The number of allylic oxidation sites excluding steroid dienone is 5. The monoisotopic (exact) mass is 203 g/mol. The van der Waals surface area contributed by atoms with Crippen LogP contribution in [-0.4, -0.2) is 12.8 Å². The van der Waals surface area contributed by atoms with Gasteiger partial charge in [0.25, 0.3) is 0 Å². The molecule has 0 saturated carbocycles. The third-order valence-corrected chi connectivity index (χ3v) is 1.81. The van der Waals surface area contributed by atoms with Crippen LogP contribution < -0.4 is 0 Å². The molecule has 0 saturated heterocycles. The van der Waals surface area contributed by atoms with Crippen LogP contribution in [0.15, 0.2) is 53.6 Å². The van der Waals surface area contributed by atoms with Gasteiger partial charge in [-0.1, -0.05) is 36.5 Å². The minimum Gasteiger partial charge on any atom is -0.297 e. The fourth-order valence-corrected chi connectivity index (χ4v) is 0.920. The van der Waals surface area contributed by atoms with Gasteiger partial charge in [0, 0.05) is 19.2 Å². The van der Waals surface area contributed by atoms with Gasteiger partial charge in [-0.15, -0.1) is 6.58 Å². The van der Waals surface area contributed by atoms with Crippen molar-refractivity contribution in [3.63, 3.8) is 0 Å². The molecular formula is C14H21N. The maximum atomic E-state index is 4.27. The van der Waals surface area contributed by atoms with Gasteiger partial charge in [0.1, 0.15) is 0 Å². The minimum absolute atomic E-state index is 0.830. The summed E-state index contributed by atoms with van der Waals surface area (Å²) >= 11 is 0. The highest BCUT2D eigenvalue weighted by Crippen LogP contribution is 2.02. The van der Waals surface area contributed by atoms with Gasteiger partial charge in [-0.05, 0) is 25.8 Å². The zero-order valence-corrected chi connectivity index (χ0v) is 9.87. The van der Waals surface area contributed by atoms with E-state index < -0.39 is 0 Å². The molecule has 0 bridgehead atoms. The predicted octanol–water partition coefficient (Wildman–Crippen LogP) is 4.10. The van der Waals surface area contributed by atoms with Crippen LogP contribution in [0.25, 0.3) is 0 Å². The summed E-state index contributed by atoms with van der Waals surface area (Å²) in [5, 5.41) is 0. The highest BCUT2D eigenvalue weighted by molar-refractivity contribution is 5.62. The summed E-state index contributed by atoms with van der Waals surface area (Å²) in [4.78, 5) is 4.27. The Hall–Kier alpha value is -1.37. The smallest absolute Gasteiger partial charge is 0.0419 e. The number of aliphatic imine (C=N–C) groups is 1. The van der Waals surface area contributed by atoms with Crippen LogP contribution in [0.1, 0.15) is 26.7 Å². The minimum atomic E-state index is 0.830. The van der Waals surface area contributed by atoms with E-state index in [2.05, 4.69) is 44.1 Å². The average molecular weight is 203 g/mol. The van der Waals surface area contributed by atoms with E-state index in [0.29, 0.717) is 0 Å². The Morgan fingerprint density at radius 1 is 1.20 bits per heavy atom. The summed E-state index contributed by atoms with van der Waals surface area (Å²) < 4.78 is 0. The lowest BCUT2D eigenvalue weighted by Crippen LogP contribution is -1.83. The van der Waals surface area contributed by atoms with Crippen molar-refractivity contribution in [1.82, 2.24) is 0 Å². The summed E-state index contributed by atoms with van der Waals surface area (Å²) in [5.74, 6) is 0. The maximum Gasteiger partial charge on any atom is 0.0419 e. The van der Waals surface area contributed by atoms with E-state index >= 15 is 0 Å². The third kappa shape index (κ3) is 8.95. The summed E-state index contributed by atoms with van der Waals surface area (Å²) in [6, 6.07) is 0. The predicted molar refractivity (Wildman–Crippen MR) is 70.5 cm³/mol. The fourth-order valence-electron chi connectivity index (χ4n) is 0.920. The largest absolute Gasteiger partial charge is 0.297 e. The summed E-state index contributed by atoms with van der Waals surface area (Å²) in [5.41, 5.74) is 2.48. The standard InChI is InChI=1S/C14H21N/c1-5-7-11-15-12-10-14(6-2)9-8-13(3)4/h5-6,8-9,12H,1-2,7,10-11H2,3-4H3/b14-9+,15-12?. The Bertz CT molecular complexity index is 276. The SMILES string of the molecule is C=CCCN=CC/C(C=C)=C/C=C(C)C. The van der Waals surface area contributed by atoms with Gasteiger partial charge in [0.2, 0.25) is 0 Å². The van der Waals surface area contributed by atoms with Crippen molar-refractivity contribution in [1.29, 1.82) is 0 Å². The quantitative estimate of drug-likeness (QED) is 0.256. The Balaban J connectivity index is 4.05. The van der Waals surface area contributed by atoms with Gasteiger partial charge in [-0.2, -0.15) is 0 Å². The molecule has 0 aliphatic heterocycles. The van der Waals surface area contributed by atoms with Crippen molar-refractivity contribution in [3.8, 4) is 0 Å². The van der Waals surface area contributed by atoms with Crippen LogP contribution in [0.5, 0.6) is 0 Å². The molecule has 0 aromatic carbocycles. The molecule has 15 heavy (non-hydrogen) atoms. The molecule has 0 heterocycles. The molecule has 0 radical (unpaired) electrons. The van der Waals surface area contributed by atoms with E-state index in [-0.39, 0.29) is 0 Å². The van der Waals surface area contributed by atoms with Gasteiger partial charge in [-0.25, -0.2) is 0 Å².